The number of aliphatic imine (C=N–C) groups is 1. The van der Waals surface area contributed by atoms with Crippen molar-refractivity contribution in [2.24, 2.45) is 4.99 Å². The average Bonchev–Trinajstić information content (AvgIpc) is 3.05. The van der Waals surface area contributed by atoms with E-state index >= 15 is 0 Å². The average molecular weight is 329 g/mol. The van der Waals surface area contributed by atoms with Crippen LogP contribution in [0.4, 0.5) is 0 Å². The third-order valence-corrected chi connectivity index (χ3v) is 4.32. The predicted octanol–water partition coefficient (Wildman–Crippen LogP) is 5.25. The molecule has 1 atom stereocenters. The second kappa shape index (κ2) is 6.77. The van der Waals surface area contributed by atoms with Gasteiger partial charge in [0.05, 0.1) is 5.69 Å². The lowest BCUT2D eigenvalue weighted by Crippen LogP contribution is -2.01. The number of aromatic amines is 1. The minimum absolute atomic E-state index is 0.296. The molecule has 1 N–H and O–H groups in total. The van der Waals surface area contributed by atoms with E-state index in [9.17, 15) is 0 Å². The van der Waals surface area contributed by atoms with Crippen LogP contribution in [0.15, 0.2) is 71.9 Å². The Morgan fingerprint density at radius 3 is 2.68 bits per heavy atom. The van der Waals surface area contributed by atoms with Crippen molar-refractivity contribution in [1.82, 2.24) is 10.2 Å². The number of rotatable bonds is 4. The topological polar surface area (TPSA) is 50.3 Å². The molecular formula is C21H19N3O. The van der Waals surface area contributed by atoms with Crippen LogP contribution in [0.2, 0.25) is 0 Å². The van der Waals surface area contributed by atoms with E-state index < -0.39 is 0 Å². The molecule has 1 unspecified atom stereocenters. The van der Waals surface area contributed by atoms with Crippen LogP contribution in [0.5, 0.6) is 11.5 Å². The number of H-pyrrole nitrogens is 1. The van der Waals surface area contributed by atoms with Crippen LogP contribution in [0, 0.1) is 6.92 Å². The van der Waals surface area contributed by atoms with E-state index in [1.165, 1.54) is 5.56 Å². The molecule has 0 radical (unpaired) electrons. The summed E-state index contributed by atoms with van der Waals surface area (Å²) < 4.78 is 5.96. The quantitative estimate of drug-likeness (QED) is 0.711. The largest absolute Gasteiger partial charge is 0.457 e. The molecule has 0 amide bonds. The standard InChI is InChI=1S/C21H19N3O/c1-15-20(16-10-12-22-13-11-16)21(24-23-15)17-6-5-9-19(14-17)25-18-7-3-2-4-8-18/h2-10,12-14,16H,11H2,1H3,(H,23,24). The van der Waals surface area contributed by atoms with Gasteiger partial charge in [-0.05, 0) is 37.6 Å². The highest BCUT2D eigenvalue weighted by molar-refractivity contribution is 5.70. The fourth-order valence-electron chi connectivity index (χ4n) is 3.12. The molecule has 0 fully saturated rings. The number of nitrogens with zero attached hydrogens (tertiary/aromatic N) is 2. The van der Waals surface area contributed by atoms with Crippen LogP contribution in [-0.4, -0.2) is 16.4 Å². The highest BCUT2D eigenvalue weighted by Gasteiger charge is 2.20. The van der Waals surface area contributed by atoms with Crippen molar-refractivity contribution in [2.75, 3.05) is 0 Å². The second-order valence-corrected chi connectivity index (χ2v) is 6.07. The summed E-state index contributed by atoms with van der Waals surface area (Å²) in [5.41, 5.74) is 4.33. The van der Waals surface area contributed by atoms with E-state index in [0.29, 0.717) is 5.92 Å². The van der Waals surface area contributed by atoms with Gasteiger partial charge in [-0.1, -0.05) is 36.4 Å². The SMILES string of the molecule is Cc1[nH]nc(-c2cccc(Oc3ccccc3)c2)c1C1C=CN=CC1. The van der Waals surface area contributed by atoms with E-state index in [1.54, 1.807) is 0 Å². The normalized spacial score (nSPS) is 16.1. The van der Waals surface area contributed by atoms with Gasteiger partial charge >= 0.3 is 0 Å². The molecule has 124 valence electrons. The van der Waals surface area contributed by atoms with Gasteiger partial charge in [-0.15, -0.1) is 0 Å². The fraction of sp³-hybridized carbons (Fsp3) is 0.143. The number of aromatic nitrogens is 2. The Morgan fingerprint density at radius 2 is 1.88 bits per heavy atom. The molecule has 3 aromatic rings. The number of benzene rings is 2. The fourth-order valence-corrected chi connectivity index (χ4v) is 3.12. The first-order valence-electron chi connectivity index (χ1n) is 8.38. The number of hydrogen-bond acceptors (Lipinski definition) is 3. The lowest BCUT2D eigenvalue weighted by molar-refractivity contribution is 0.483. The zero-order chi connectivity index (χ0) is 17.1. The van der Waals surface area contributed by atoms with Crippen molar-refractivity contribution in [3.63, 3.8) is 0 Å². The highest BCUT2D eigenvalue weighted by atomic mass is 16.5. The third kappa shape index (κ3) is 3.24. The Morgan fingerprint density at radius 1 is 1.04 bits per heavy atom. The summed E-state index contributed by atoms with van der Waals surface area (Å²) in [6.07, 6.45) is 6.84. The van der Waals surface area contributed by atoms with Gasteiger partial charge in [0, 0.05) is 35.2 Å². The van der Waals surface area contributed by atoms with Crippen molar-refractivity contribution in [3.05, 3.63) is 78.1 Å². The van der Waals surface area contributed by atoms with Gasteiger partial charge in [0.1, 0.15) is 11.5 Å². The monoisotopic (exact) mass is 329 g/mol. The minimum Gasteiger partial charge on any atom is -0.457 e. The van der Waals surface area contributed by atoms with Crippen molar-refractivity contribution in [2.45, 2.75) is 19.3 Å². The van der Waals surface area contributed by atoms with Crippen molar-refractivity contribution in [3.8, 4) is 22.8 Å². The van der Waals surface area contributed by atoms with Crippen LogP contribution < -0.4 is 4.74 Å². The first-order valence-corrected chi connectivity index (χ1v) is 8.38. The summed E-state index contributed by atoms with van der Waals surface area (Å²) in [6.45, 7) is 2.07. The molecule has 4 rings (SSSR count). The number of allylic oxidation sites excluding steroid dienone is 1. The molecule has 2 heterocycles. The zero-order valence-electron chi connectivity index (χ0n) is 14.0. The Balaban J connectivity index is 1.68. The molecule has 1 aromatic heterocycles. The zero-order valence-corrected chi connectivity index (χ0v) is 14.0. The van der Waals surface area contributed by atoms with Crippen molar-refractivity contribution in [1.29, 1.82) is 0 Å². The van der Waals surface area contributed by atoms with Crippen LogP contribution in [0.1, 0.15) is 23.6 Å². The number of aryl methyl sites for hydroxylation is 1. The number of nitrogens with one attached hydrogen (secondary N) is 1. The van der Waals surface area contributed by atoms with E-state index in [1.807, 2.05) is 60.9 Å². The van der Waals surface area contributed by atoms with Crippen LogP contribution >= 0.6 is 0 Å². The van der Waals surface area contributed by atoms with Gasteiger partial charge in [-0.25, -0.2) is 0 Å². The third-order valence-electron chi connectivity index (χ3n) is 4.32. The molecule has 4 heteroatoms. The first-order chi connectivity index (χ1) is 12.3. The summed E-state index contributed by atoms with van der Waals surface area (Å²) in [6, 6.07) is 17.9. The first kappa shape index (κ1) is 15.4. The summed E-state index contributed by atoms with van der Waals surface area (Å²) >= 11 is 0. The van der Waals surface area contributed by atoms with Crippen LogP contribution in [0.25, 0.3) is 11.3 Å². The molecule has 4 nitrogen and oxygen atoms in total. The summed E-state index contributed by atoms with van der Waals surface area (Å²) in [7, 11) is 0. The highest BCUT2D eigenvalue weighted by Crippen LogP contribution is 2.35. The van der Waals surface area contributed by atoms with E-state index in [0.717, 1.165) is 34.9 Å². The lowest BCUT2D eigenvalue weighted by Gasteiger charge is -2.14. The maximum absolute atomic E-state index is 5.96. The van der Waals surface area contributed by atoms with E-state index in [-0.39, 0.29) is 0 Å². The molecule has 25 heavy (non-hydrogen) atoms. The van der Waals surface area contributed by atoms with Gasteiger partial charge in [0.2, 0.25) is 0 Å². The summed E-state index contributed by atoms with van der Waals surface area (Å²) in [4.78, 5) is 4.17. The molecular weight excluding hydrogens is 310 g/mol. The number of hydrogen-bond donors (Lipinski definition) is 1. The Kier molecular flexibility index (Phi) is 4.17. The molecule has 2 aromatic carbocycles. The van der Waals surface area contributed by atoms with Gasteiger partial charge < -0.3 is 4.74 Å². The Labute approximate surface area is 146 Å². The van der Waals surface area contributed by atoms with Crippen molar-refractivity contribution < 1.29 is 4.74 Å². The molecule has 0 spiro atoms. The molecule has 0 saturated heterocycles. The second-order valence-electron chi connectivity index (χ2n) is 6.07. The molecule has 0 saturated carbocycles. The van der Waals surface area contributed by atoms with Crippen LogP contribution in [-0.2, 0) is 0 Å². The molecule has 0 bridgehead atoms. The van der Waals surface area contributed by atoms with Gasteiger partial charge in [-0.3, -0.25) is 10.1 Å². The Hall–Kier alpha value is -3.14. The number of para-hydroxylation sites is 1. The predicted molar refractivity (Wildman–Crippen MR) is 100 cm³/mol. The smallest absolute Gasteiger partial charge is 0.128 e. The lowest BCUT2D eigenvalue weighted by atomic mass is 9.91. The van der Waals surface area contributed by atoms with Gasteiger partial charge in [-0.2, -0.15) is 5.10 Å². The molecule has 0 aliphatic carbocycles. The van der Waals surface area contributed by atoms with Gasteiger partial charge in [0.25, 0.3) is 0 Å². The molecule has 1 aliphatic rings. The van der Waals surface area contributed by atoms with E-state index in [2.05, 4.69) is 34.3 Å². The van der Waals surface area contributed by atoms with Crippen molar-refractivity contribution >= 4 is 6.21 Å². The summed E-state index contributed by atoms with van der Waals surface area (Å²) in [5.74, 6) is 1.92. The van der Waals surface area contributed by atoms with E-state index in [4.69, 9.17) is 4.74 Å². The van der Waals surface area contributed by atoms with Crippen LogP contribution in [0.3, 0.4) is 0 Å². The maximum Gasteiger partial charge on any atom is 0.128 e. The molecule has 1 aliphatic heterocycles. The summed E-state index contributed by atoms with van der Waals surface area (Å²) in [5, 5.41) is 7.68. The maximum atomic E-state index is 5.96. The number of ether oxygens (including phenoxy) is 1. The Bertz CT molecular complexity index is 925. The van der Waals surface area contributed by atoms with Gasteiger partial charge in [0.15, 0.2) is 0 Å². The minimum atomic E-state index is 0.296.